The first-order valence-corrected chi connectivity index (χ1v) is 12.4. The molecule has 6 bridgehead atoms. The van der Waals surface area contributed by atoms with E-state index in [1.807, 2.05) is 0 Å². The Morgan fingerprint density at radius 2 is 0.750 bits per heavy atom. The molecule has 0 aromatic heterocycles. The van der Waals surface area contributed by atoms with Crippen molar-refractivity contribution < 1.29 is 55.4 Å². The molecule has 0 amide bonds. The maximum atomic E-state index is 12.1. The standard InChI is InChI=1S/C8H6O12P2S2/c9-5-1-2-6(10)18-22(24,14-2)16-4(8(12)20-22)3-7(11)19-21(23,13-1,15-3)17-5/h1-4,23-24H. The summed E-state index contributed by atoms with van der Waals surface area (Å²) in [5.41, 5.74) is 0. The molecule has 0 saturated carbocycles. The summed E-state index contributed by atoms with van der Waals surface area (Å²) in [5.74, 6) is -4.54. The number of fused-ring (bicyclic) bond motifs is 6. The van der Waals surface area contributed by atoms with Crippen LogP contribution in [-0.4, -0.2) is 48.3 Å². The zero-order valence-electron chi connectivity index (χ0n) is 11.0. The molecule has 0 aromatic rings. The average molecular weight is 420 g/mol. The molecule has 0 aromatic carbocycles. The third kappa shape index (κ3) is 1.72. The van der Waals surface area contributed by atoms with Crippen LogP contribution >= 0.6 is 37.9 Å². The molecule has 0 N–H and O–H groups in total. The SMILES string of the molecule is O=C1OP23(S)OC(=O)C(O2)C2OP4(S)(OC(=O)C(O4)C1O3)OC2=O. The fourth-order valence-corrected chi connectivity index (χ4v) is 9.34. The van der Waals surface area contributed by atoms with Gasteiger partial charge in [0.25, 0.3) is 0 Å². The molecule has 5 fully saturated rings. The first-order valence-electron chi connectivity index (χ1n) is 6.26. The van der Waals surface area contributed by atoms with Crippen molar-refractivity contribution >= 4 is 61.8 Å². The molecule has 5 heterocycles. The van der Waals surface area contributed by atoms with E-state index in [9.17, 15) is 19.2 Å². The van der Waals surface area contributed by atoms with Crippen LogP contribution in [0, 0.1) is 0 Å². The summed E-state index contributed by atoms with van der Waals surface area (Å²) in [4.78, 5) is 48.4. The van der Waals surface area contributed by atoms with E-state index in [0.717, 1.165) is 0 Å². The van der Waals surface area contributed by atoms with Gasteiger partial charge in [-0.3, -0.25) is 0 Å². The minimum absolute atomic E-state index is 1.14. The molecule has 132 valence electrons. The van der Waals surface area contributed by atoms with Gasteiger partial charge in [0.2, 0.25) is 0 Å². The van der Waals surface area contributed by atoms with E-state index in [1.54, 1.807) is 0 Å². The summed E-state index contributed by atoms with van der Waals surface area (Å²) < 4.78 is 40.8. The van der Waals surface area contributed by atoms with Gasteiger partial charge in [0.05, 0.1) is 0 Å². The fraction of sp³-hybridized carbons (Fsp3) is 0.500. The van der Waals surface area contributed by atoms with E-state index in [1.165, 1.54) is 0 Å². The minimum atomic E-state index is -4.99. The Balaban J connectivity index is 1.72. The fourth-order valence-electron chi connectivity index (χ4n) is 2.72. The van der Waals surface area contributed by atoms with Crippen LogP contribution in [-0.2, 0) is 55.4 Å². The number of carbonyl (C=O) groups excluding carboxylic acids is 4. The first kappa shape index (κ1) is 15.5. The van der Waals surface area contributed by atoms with Gasteiger partial charge in [0.15, 0.2) is 0 Å². The molecule has 0 radical (unpaired) electrons. The van der Waals surface area contributed by atoms with E-state index < -0.39 is 61.7 Å². The summed E-state index contributed by atoms with van der Waals surface area (Å²) in [5, 5.41) is 0. The molecule has 5 aliphatic rings. The second-order valence-electron chi connectivity index (χ2n) is 5.29. The van der Waals surface area contributed by atoms with Crippen LogP contribution in [0.25, 0.3) is 0 Å². The molecule has 4 unspecified atom stereocenters. The normalized spacial score (nSPS) is 47.9. The van der Waals surface area contributed by atoms with Crippen LogP contribution < -0.4 is 0 Å². The summed E-state index contributed by atoms with van der Waals surface area (Å²) in [6.45, 7) is -9.98. The van der Waals surface area contributed by atoms with E-state index >= 15 is 0 Å². The monoisotopic (exact) mass is 420 g/mol. The van der Waals surface area contributed by atoms with Crippen LogP contribution in [0.3, 0.4) is 0 Å². The van der Waals surface area contributed by atoms with E-state index in [2.05, 4.69) is 24.5 Å². The van der Waals surface area contributed by atoms with Crippen LogP contribution in [0.15, 0.2) is 0 Å². The predicted molar refractivity (Wildman–Crippen MR) is 75.7 cm³/mol. The van der Waals surface area contributed by atoms with Crippen molar-refractivity contribution in [1.29, 1.82) is 0 Å². The second kappa shape index (κ2) is 3.84. The van der Waals surface area contributed by atoms with Gasteiger partial charge in [-0.15, -0.1) is 0 Å². The zero-order valence-corrected chi connectivity index (χ0v) is 14.6. The van der Waals surface area contributed by atoms with Crippen molar-refractivity contribution in [2.24, 2.45) is 0 Å². The van der Waals surface area contributed by atoms with Crippen molar-refractivity contribution in [3.8, 4) is 0 Å². The molecule has 5 saturated heterocycles. The van der Waals surface area contributed by atoms with E-state index in [4.69, 9.17) is 36.2 Å². The molecule has 4 atom stereocenters. The van der Waals surface area contributed by atoms with Crippen LogP contribution in [0.1, 0.15) is 0 Å². The number of hydrogen-bond donors (Lipinski definition) is 2. The number of carbonyl (C=O) groups is 4. The Kier molecular flexibility index (Phi) is 2.48. The van der Waals surface area contributed by atoms with Crippen LogP contribution in [0.4, 0.5) is 0 Å². The molecular weight excluding hydrogens is 414 g/mol. The maximum absolute atomic E-state index is 12.1. The second-order valence-corrected chi connectivity index (χ2v) is 13.9. The summed E-state index contributed by atoms with van der Waals surface area (Å²) in [7, 11) is 0. The van der Waals surface area contributed by atoms with Gasteiger partial charge in [0.1, 0.15) is 0 Å². The third-order valence-electron chi connectivity index (χ3n) is 3.61. The number of hydrogen-bond acceptors (Lipinski definition) is 14. The van der Waals surface area contributed by atoms with Crippen LogP contribution in [0.2, 0.25) is 0 Å². The van der Waals surface area contributed by atoms with Gasteiger partial charge in [-0.25, -0.2) is 0 Å². The average Bonchev–Trinajstić information content (AvgIpc) is 3.04. The number of thiol groups is 2. The van der Waals surface area contributed by atoms with Crippen LogP contribution in [0.5, 0.6) is 0 Å². The molecule has 5 rings (SSSR count). The van der Waals surface area contributed by atoms with Crippen molar-refractivity contribution in [2.75, 3.05) is 0 Å². The molecule has 12 nitrogen and oxygen atoms in total. The molecule has 2 spiro atoms. The molecule has 5 aliphatic heterocycles. The third-order valence-corrected chi connectivity index (χ3v) is 9.98. The molecule has 24 heavy (non-hydrogen) atoms. The van der Waals surface area contributed by atoms with Gasteiger partial charge in [-0.1, -0.05) is 0 Å². The van der Waals surface area contributed by atoms with Crippen molar-refractivity contribution in [2.45, 2.75) is 24.4 Å². The zero-order chi connectivity index (χ0) is 17.2. The van der Waals surface area contributed by atoms with Gasteiger partial charge < -0.3 is 0 Å². The van der Waals surface area contributed by atoms with Gasteiger partial charge in [-0.2, -0.15) is 0 Å². The van der Waals surface area contributed by atoms with Gasteiger partial charge in [0, 0.05) is 0 Å². The molecule has 0 aliphatic carbocycles. The Hall–Kier alpha value is -0.720. The van der Waals surface area contributed by atoms with E-state index in [0.29, 0.717) is 0 Å². The first-order chi connectivity index (χ1) is 11.0. The Morgan fingerprint density at radius 3 is 0.958 bits per heavy atom. The van der Waals surface area contributed by atoms with Crippen molar-refractivity contribution in [3.63, 3.8) is 0 Å². The topological polar surface area (TPSA) is 142 Å². The summed E-state index contributed by atoms with van der Waals surface area (Å²) >= 11 is 7.96. The Labute approximate surface area is 142 Å². The number of rotatable bonds is 0. The van der Waals surface area contributed by atoms with Crippen molar-refractivity contribution in [3.05, 3.63) is 0 Å². The summed E-state index contributed by atoms with van der Waals surface area (Å²) in [6.07, 6.45) is -6.97. The quantitative estimate of drug-likeness (QED) is 0.399. The molecular formula is C8H6O12P2S2. The van der Waals surface area contributed by atoms with Crippen molar-refractivity contribution in [1.82, 2.24) is 0 Å². The van der Waals surface area contributed by atoms with E-state index in [-0.39, 0.29) is 0 Å². The Morgan fingerprint density at radius 1 is 0.542 bits per heavy atom. The van der Waals surface area contributed by atoms with Gasteiger partial charge in [-0.05, 0) is 0 Å². The Bertz CT molecular complexity index is 659. The summed E-state index contributed by atoms with van der Waals surface area (Å²) in [6, 6.07) is 0. The van der Waals surface area contributed by atoms with Gasteiger partial charge >= 0.3 is 142 Å². The predicted octanol–water partition coefficient (Wildman–Crippen LogP) is -0.116. The molecule has 16 heteroatoms.